The van der Waals surface area contributed by atoms with Crippen molar-refractivity contribution in [1.29, 1.82) is 0 Å². The van der Waals surface area contributed by atoms with Crippen molar-refractivity contribution < 1.29 is 17.6 Å². The fraction of sp³-hybridized carbons (Fsp3) is 0.190. The van der Waals surface area contributed by atoms with Crippen LogP contribution in [-0.2, 0) is 9.84 Å². The van der Waals surface area contributed by atoms with Crippen LogP contribution < -0.4 is 5.73 Å². The topological polar surface area (TPSA) is 106 Å². The van der Waals surface area contributed by atoms with Gasteiger partial charge in [-0.25, -0.2) is 22.8 Å². The lowest BCUT2D eigenvalue weighted by atomic mass is 9.96. The quantitative estimate of drug-likeness (QED) is 0.689. The number of carbonyl (C=O) groups is 1. The van der Waals surface area contributed by atoms with Gasteiger partial charge in [0.1, 0.15) is 5.82 Å². The Balaban J connectivity index is 1.66. The largest absolute Gasteiger partial charge is 0.368 e. The fourth-order valence-corrected chi connectivity index (χ4v) is 4.60. The van der Waals surface area contributed by atoms with Crippen LogP contribution in [0.2, 0.25) is 0 Å². The van der Waals surface area contributed by atoms with Crippen LogP contribution in [0.3, 0.4) is 0 Å². The fourth-order valence-electron chi connectivity index (χ4n) is 3.40. The van der Waals surface area contributed by atoms with Gasteiger partial charge in [-0.15, -0.1) is 0 Å². The first-order chi connectivity index (χ1) is 14.3. The van der Waals surface area contributed by atoms with E-state index in [0.717, 1.165) is 0 Å². The molecule has 0 radical (unpaired) electrons. The second kappa shape index (κ2) is 7.83. The van der Waals surface area contributed by atoms with Crippen molar-refractivity contribution in [3.8, 4) is 22.3 Å². The van der Waals surface area contributed by atoms with Gasteiger partial charge in [-0.05, 0) is 23.3 Å². The Kier molecular flexibility index (Phi) is 5.21. The van der Waals surface area contributed by atoms with Crippen molar-refractivity contribution in [1.82, 2.24) is 14.9 Å². The molecule has 0 unspecified atom stereocenters. The smallest absolute Gasteiger partial charge is 0.254 e. The average molecular weight is 426 g/mol. The maximum Gasteiger partial charge on any atom is 0.254 e. The highest BCUT2D eigenvalue weighted by molar-refractivity contribution is 7.91. The molecule has 1 aromatic heterocycles. The number of anilines is 1. The molecule has 154 valence electrons. The highest BCUT2D eigenvalue weighted by Crippen LogP contribution is 2.30. The van der Waals surface area contributed by atoms with Crippen molar-refractivity contribution >= 4 is 21.7 Å². The van der Waals surface area contributed by atoms with Gasteiger partial charge in [-0.3, -0.25) is 4.79 Å². The Morgan fingerprint density at radius 1 is 0.967 bits per heavy atom. The summed E-state index contributed by atoms with van der Waals surface area (Å²) in [4.78, 5) is 22.3. The Hall–Kier alpha value is -3.33. The molecule has 0 aliphatic carbocycles. The van der Waals surface area contributed by atoms with E-state index in [1.807, 2.05) is 0 Å². The molecule has 7 nitrogen and oxygen atoms in total. The van der Waals surface area contributed by atoms with Gasteiger partial charge in [0.15, 0.2) is 9.84 Å². The Morgan fingerprint density at radius 3 is 2.30 bits per heavy atom. The summed E-state index contributed by atoms with van der Waals surface area (Å²) in [6.45, 7) is 0.305. The summed E-state index contributed by atoms with van der Waals surface area (Å²) >= 11 is 0. The first-order valence-electron chi connectivity index (χ1n) is 9.30. The van der Waals surface area contributed by atoms with Crippen LogP contribution in [-0.4, -0.2) is 53.8 Å². The van der Waals surface area contributed by atoms with E-state index in [4.69, 9.17) is 5.73 Å². The van der Waals surface area contributed by atoms with Gasteiger partial charge in [0.2, 0.25) is 5.95 Å². The SMILES string of the molecule is Nc1ncc(-c2ccc(-c3ccccc3C(=O)N3CCS(=O)(=O)CC3)cc2F)cn1. The lowest BCUT2D eigenvalue weighted by Gasteiger charge is -2.27. The number of rotatable bonds is 3. The summed E-state index contributed by atoms with van der Waals surface area (Å²) in [5.74, 6) is -0.736. The molecule has 1 aliphatic rings. The standard InChI is InChI=1S/C21H19FN4O3S/c22-19-11-14(5-6-17(19)15-12-24-21(23)25-13-15)16-3-1-2-4-18(16)20(27)26-7-9-30(28,29)10-8-26/h1-6,11-13H,7-10H2,(H2,23,24,25). The first-order valence-corrected chi connectivity index (χ1v) is 11.1. The van der Waals surface area contributed by atoms with Crippen molar-refractivity contribution in [2.75, 3.05) is 30.3 Å². The molecule has 2 heterocycles. The first kappa shape index (κ1) is 20.0. The number of aromatic nitrogens is 2. The lowest BCUT2D eigenvalue weighted by Crippen LogP contribution is -2.43. The molecule has 0 spiro atoms. The maximum absolute atomic E-state index is 14.8. The number of benzene rings is 2. The number of halogens is 1. The highest BCUT2D eigenvalue weighted by Gasteiger charge is 2.27. The third-order valence-corrected chi connectivity index (χ3v) is 6.66. The molecule has 9 heteroatoms. The minimum Gasteiger partial charge on any atom is -0.368 e. The van der Waals surface area contributed by atoms with E-state index in [1.165, 1.54) is 23.4 Å². The minimum atomic E-state index is -3.09. The zero-order chi connectivity index (χ0) is 21.3. The van der Waals surface area contributed by atoms with E-state index in [9.17, 15) is 17.6 Å². The molecule has 1 amide bonds. The van der Waals surface area contributed by atoms with E-state index in [2.05, 4.69) is 9.97 Å². The van der Waals surface area contributed by atoms with Crippen molar-refractivity contribution in [3.63, 3.8) is 0 Å². The van der Waals surface area contributed by atoms with Crippen LogP contribution in [0.4, 0.5) is 10.3 Å². The average Bonchev–Trinajstić information content (AvgIpc) is 2.74. The van der Waals surface area contributed by atoms with Crippen LogP contribution in [0.5, 0.6) is 0 Å². The van der Waals surface area contributed by atoms with Crippen molar-refractivity contribution in [3.05, 3.63) is 66.2 Å². The molecule has 3 aromatic rings. The normalized spacial score (nSPS) is 15.7. The molecule has 2 aromatic carbocycles. The predicted molar refractivity (Wildman–Crippen MR) is 112 cm³/mol. The number of sulfone groups is 1. The van der Waals surface area contributed by atoms with Crippen LogP contribution in [0.25, 0.3) is 22.3 Å². The molecule has 30 heavy (non-hydrogen) atoms. The second-order valence-electron chi connectivity index (χ2n) is 7.01. The van der Waals surface area contributed by atoms with E-state index < -0.39 is 15.7 Å². The number of hydrogen-bond acceptors (Lipinski definition) is 6. The van der Waals surface area contributed by atoms with Gasteiger partial charge in [0, 0.05) is 42.2 Å². The Morgan fingerprint density at radius 2 is 1.63 bits per heavy atom. The third-order valence-electron chi connectivity index (χ3n) is 5.05. The van der Waals surface area contributed by atoms with Crippen LogP contribution in [0.1, 0.15) is 10.4 Å². The van der Waals surface area contributed by atoms with Gasteiger partial charge < -0.3 is 10.6 Å². The van der Waals surface area contributed by atoms with Gasteiger partial charge in [-0.1, -0.05) is 30.3 Å². The summed E-state index contributed by atoms with van der Waals surface area (Å²) < 4.78 is 38.2. The third kappa shape index (κ3) is 4.02. The zero-order valence-corrected chi connectivity index (χ0v) is 16.8. The molecule has 1 aliphatic heterocycles. The van der Waals surface area contributed by atoms with E-state index in [1.54, 1.807) is 36.4 Å². The molecular weight excluding hydrogens is 407 g/mol. The summed E-state index contributed by atoms with van der Waals surface area (Å²) in [7, 11) is -3.09. The zero-order valence-electron chi connectivity index (χ0n) is 16.0. The summed E-state index contributed by atoms with van der Waals surface area (Å²) in [5.41, 5.74) is 7.82. The monoisotopic (exact) mass is 426 g/mol. The molecule has 0 bridgehead atoms. The van der Waals surface area contributed by atoms with E-state index in [-0.39, 0.29) is 36.5 Å². The number of amides is 1. The molecule has 0 saturated carbocycles. The molecular formula is C21H19FN4O3S. The Bertz CT molecular complexity index is 1200. The van der Waals surface area contributed by atoms with Gasteiger partial charge in [0.05, 0.1) is 11.5 Å². The van der Waals surface area contributed by atoms with Crippen LogP contribution in [0, 0.1) is 5.82 Å². The molecule has 1 fully saturated rings. The van der Waals surface area contributed by atoms with Crippen molar-refractivity contribution in [2.45, 2.75) is 0 Å². The van der Waals surface area contributed by atoms with Crippen LogP contribution in [0.15, 0.2) is 54.9 Å². The number of hydrogen-bond donors (Lipinski definition) is 1. The lowest BCUT2D eigenvalue weighted by molar-refractivity contribution is 0.0771. The molecule has 2 N–H and O–H groups in total. The summed E-state index contributed by atoms with van der Waals surface area (Å²) in [5, 5.41) is 0. The predicted octanol–water partition coefficient (Wildman–Crippen LogP) is 2.40. The van der Waals surface area contributed by atoms with E-state index in [0.29, 0.717) is 27.8 Å². The van der Waals surface area contributed by atoms with Crippen LogP contribution >= 0.6 is 0 Å². The number of nitrogen functional groups attached to an aromatic ring is 1. The maximum atomic E-state index is 14.8. The number of nitrogens with zero attached hydrogens (tertiary/aromatic N) is 3. The van der Waals surface area contributed by atoms with E-state index >= 15 is 0 Å². The van der Waals surface area contributed by atoms with Gasteiger partial charge in [0.25, 0.3) is 5.91 Å². The minimum absolute atomic E-state index is 0.0477. The highest BCUT2D eigenvalue weighted by atomic mass is 32.2. The van der Waals surface area contributed by atoms with Gasteiger partial charge in [-0.2, -0.15) is 0 Å². The summed E-state index contributed by atoms with van der Waals surface area (Å²) in [6, 6.07) is 11.6. The Labute approximate surface area is 173 Å². The molecule has 1 saturated heterocycles. The second-order valence-corrected chi connectivity index (χ2v) is 9.32. The van der Waals surface area contributed by atoms with Gasteiger partial charge >= 0.3 is 0 Å². The molecule has 0 atom stereocenters. The molecule has 4 rings (SSSR count). The number of nitrogens with two attached hydrogens (primary N) is 1. The van der Waals surface area contributed by atoms with Crippen molar-refractivity contribution in [2.24, 2.45) is 0 Å². The summed E-state index contributed by atoms with van der Waals surface area (Å²) in [6.07, 6.45) is 2.89. The number of carbonyl (C=O) groups excluding carboxylic acids is 1.